The Hall–Kier alpha value is -2.55. The third-order valence-corrected chi connectivity index (χ3v) is 14.7. The SMILES string of the molecule is CC/C=C/C/C=C/C/C=C/C/C=C/C/C=C/CCC(=O)NC(COP(=O)(O)OCC[N+](C)(C)C)C(/C=C/CCCCCCCCCCCC)OC(=O)CCCCCCCCCCCCCCCCCCCCCCC. The fourth-order valence-corrected chi connectivity index (χ4v) is 9.61. The van der Waals surface area contributed by atoms with Crippen LogP contribution >= 0.6 is 7.82 Å². The van der Waals surface area contributed by atoms with Crippen molar-refractivity contribution in [3.8, 4) is 0 Å². The van der Waals surface area contributed by atoms with Crippen molar-refractivity contribution in [2.75, 3.05) is 40.9 Å². The van der Waals surface area contributed by atoms with Gasteiger partial charge in [-0.2, -0.15) is 0 Å². The zero-order chi connectivity index (χ0) is 55.0. The Labute approximate surface area is 463 Å². The first kappa shape index (κ1) is 72.5. The van der Waals surface area contributed by atoms with Crippen molar-refractivity contribution in [1.82, 2.24) is 5.32 Å². The summed E-state index contributed by atoms with van der Waals surface area (Å²) in [7, 11) is 1.45. The molecule has 0 radical (unpaired) electrons. The molecule has 0 aromatic rings. The van der Waals surface area contributed by atoms with E-state index in [-0.39, 0.29) is 37.9 Å². The Bertz CT molecular complexity index is 1510. The number of hydrogen-bond donors (Lipinski definition) is 2. The highest BCUT2D eigenvalue weighted by molar-refractivity contribution is 7.47. The molecular weight excluding hydrogens is 952 g/mol. The van der Waals surface area contributed by atoms with Gasteiger partial charge in [-0.25, -0.2) is 4.57 Å². The predicted octanol–water partition coefficient (Wildman–Crippen LogP) is 19.2. The molecule has 0 heterocycles. The minimum atomic E-state index is -4.47. The van der Waals surface area contributed by atoms with Gasteiger partial charge in [0.05, 0.1) is 33.8 Å². The first-order valence-electron chi connectivity index (χ1n) is 31.3. The van der Waals surface area contributed by atoms with Crippen molar-refractivity contribution >= 4 is 19.7 Å². The van der Waals surface area contributed by atoms with Crippen LogP contribution in [0.15, 0.2) is 72.9 Å². The number of esters is 1. The average Bonchev–Trinajstić information content (AvgIpc) is 3.37. The van der Waals surface area contributed by atoms with Gasteiger partial charge < -0.3 is 19.4 Å². The van der Waals surface area contributed by atoms with E-state index in [1.54, 1.807) is 0 Å². The molecule has 3 unspecified atom stereocenters. The lowest BCUT2D eigenvalue weighted by molar-refractivity contribution is -0.870. The molecule has 10 heteroatoms. The molecule has 436 valence electrons. The molecule has 1 amide bonds. The van der Waals surface area contributed by atoms with Crippen molar-refractivity contribution in [1.29, 1.82) is 0 Å². The minimum Gasteiger partial charge on any atom is -0.456 e. The second-order valence-electron chi connectivity index (χ2n) is 22.2. The lowest BCUT2D eigenvalue weighted by Gasteiger charge is -2.27. The molecule has 0 bridgehead atoms. The second kappa shape index (κ2) is 54.8. The fourth-order valence-electron chi connectivity index (χ4n) is 8.87. The smallest absolute Gasteiger partial charge is 0.456 e. The molecule has 2 N–H and O–H groups in total. The molecule has 9 nitrogen and oxygen atoms in total. The van der Waals surface area contributed by atoms with Crippen LogP contribution < -0.4 is 5.32 Å². The zero-order valence-corrected chi connectivity index (χ0v) is 50.7. The number of quaternary nitrogens is 1. The number of nitrogens with one attached hydrogen (secondary N) is 1. The van der Waals surface area contributed by atoms with E-state index in [2.05, 4.69) is 80.8 Å². The van der Waals surface area contributed by atoms with Gasteiger partial charge in [-0.15, -0.1) is 0 Å². The Balaban J connectivity index is 5.28. The van der Waals surface area contributed by atoms with E-state index in [1.165, 1.54) is 167 Å². The van der Waals surface area contributed by atoms with E-state index in [9.17, 15) is 19.0 Å². The van der Waals surface area contributed by atoms with E-state index in [4.69, 9.17) is 13.8 Å². The Morgan fingerprint density at radius 2 is 0.867 bits per heavy atom. The van der Waals surface area contributed by atoms with Gasteiger partial charge in [0.15, 0.2) is 0 Å². The fraction of sp³-hybridized carbons (Fsp3) is 0.785. The van der Waals surface area contributed by atoms with Gasteiger partial charge in [-0.05, 0) is 63.9 Å². The number of phosphoric acid groups is 1. The van der Waals surface area contributed by atoms with Gasteiger partial charge in [-0.1, -0.05) is 274 Å². The molecule has 0 aliphatic rings. The molecule has 0 aromatic heterocycles. The summed E-state index contributed by atoms with van der Waals surface area (Å²) in [6.07, 6.45) is 70.7. The number of hydrogen-bond acceptors (Lipinski definition) is 6. The number of allylic oxidation sites excluding steroid dienone is 11. The van der Waals surface area contributed by atoms with Crippen molar-refractivity contribution in [3.05, 3.63) is 72.9 Å². The normalized spacial score (nSPS) is 14.2. The molecule has 0 saturated heterocycles. The van der Waals surface area contributed by atoms with Crippen LogP contribution in [0, 0.1) is 0 Å². The van der Waals surface area contributed by atoms with Crippen LogP contribution in [-0.4, -0.2) is 74.3 Å². The largest absolute Gasteiger partial charge is 0.472 e. The summed E-state index contributed by atoms with van der Waals surface area (Å²) in [5.74, 6) is -0.595. The first-order chi connectivity index (χ1) is 36.4. The van der Waals surface area contributed by atoms with E-state index < -0.39 is 20.0 Å². The molecule has 0 aliphatic carbocycles. The maximum atomic E-state index is 13.5. The standard InChI is InChI=1S/C65H119N2O7P/c1-7-10-13-16-19-22-25-28-30-32-33-34-35-36-38-40-43-46-49-52-55-58-65(69)74-63(56-53-50-47-44-41-27-24-21-18-15-12-9-3)62(61-73-75(70,71)72-60-59-67(4,5)6)66-64(68)57-54-51-48-45-42-39-37-31-29-26-23-20-17-14-11-8-2/h11,14,20,23,29,31,39,42,48,51,53,56,62-63H,7-10,12-13,15-19,21-22,24-28,30,32-38,40-41,43-47,49-50,52,54-55,57-61H2,1-6H3,(H-,66,68,70,71)/p+1/b14-11+,23-20+,31-29+,42-39+,51-48+,56-53+. The van der Waals surface area contributed by atoms with Crippen LogP contribution in [0.25, 0.3) is 0 Å². The highest BCUT2D eigenvalue weighted by atomic mass is 31.2. The molecule has 0 aliphatic heterocycles. The zero-order valence-electron chi connectivity index (χ0n) is 49.8. The van der Waals surface area contributed by atoms with Gasteiger partial charge in [0.2, 0.25) is 5.91 Å². The van der Waals surface area contributed by atoms with Gasteiger partial charge in [0, 0.05) is 12.8 Å². The molecule has 0 spiro atoms. The van der Waals surface area contributed by atoms with Gasteiger partial charge in [-0.3, -0.25) is 18.6 Å². The Morgan fingerprint density at radius 1 is 0.480 bits per heavy atom. The Kier molecular flexibility index (Phi) is 52.9. The summed E-state index contributed by atoms with van der Waals surface area (Å²) in [6, 6.07) is -0.888. The highest BCUT2D eigenvalue weighted by Gasteiger charge is 2.30. The number of carbonyl (C=O) groups is 2. The maximum absolute atomic E-state index is 13.5. The quantitative estimate of drug-likeness (QED) is 0.0205. The molecule has 0 rings (SSSR count). The summed E-state index contributed by atoms with van der Waals surface area (Å²) in [6.45, 7) is 6.86. The van der Waals surface area contributed by atoms with Gasteiger partial charge >= 0.3 is 13.8 Å². The highest BCUT2D eigenvalue weighted by Crippen LogP contribution is 2.43. The number of phosphoric ester groups is 1. The molecule has 75 heavy (non-hydrogen) atoms. The molecule has 3 atom stereocenters. The lowest BCUT2D eigenvalue weighted by Crippen LogP contribution is -2.47. The number of carbonyl (C=O) groups excluding carboxylic acids is 2. The summed E-state index contributed by atoms with van der Waals surface area (Å²) < 4.78 is 30.6. The lowest BCUT2D eigenvalue weighted by atomic mass is 10.0. The number of amides is 1. The van der Waals surface area contributed by atoms with Crippen molar-refractivity contribution in [2.45, 2.75) is 290 Å². The van der Waals surface area contributed by atoms with Crippen LogP contribution in [0.1, 0.15) is 278 Å². The van der Waals surface area contributed by atoms with Crippen LogP contribution in [0.2, 0.25) is 0 Å². The number of likely N-dealkylation sites (N-methyl/N-ethyl adjacent to an activating group) is 1. The summed E-state index contributed by atoms with van der Waals surface area (Å²) in [5.41, 5.74) is 0. The molecular formula is C65H120N2O7P+. The number of nitrogens with zero attached hydrogens (tertiary/aromatic N) is 1. The minimum absolute atomic E-state index is 0.0260. The van der Waals surface area contributed by atoms with Crippen LogP contribution in [-0.2, 0) is 27.9 Å². The number of unbranched alkanes of at least 4 members (excludes halogenated alkanes) is 30. The van der Waals surface area contributed by atoms with E-state index >= 15 is 0 Å². The maximum Gasteiger partial charge on any atom is 0.472 e. The third-order valence-electron chi connectivity index (χ3n) is 13.7. The van der Waals surface area contributed by atoms with Crippen molar-refractivity contribution in [2.24, 2.45) is 0 Å². The van der Waals surface area contributed by atoms with Crippen LogP contribution in [0.4, 0.5) is 0 Å². The monoisotopic (exact) mass is 1070 g/mol. The summed E-state index contributed by atoms with van der Waals surface area (Å²) >= 11 is 0. The van der Waals surface area contributed by atoms with Crippen LogP contribution in [0.3, 0.4) is 0 Å². The van der Waals surface area contributed by atoms with Gasteiger partial charge in [0.25, 0.3) is 0 Å². The predicted molar refractivity (Wildman–Crippen MR) is 323 cm³/mol. The summed E-state index contributed by atoms with van der Waals surface area (Å²) in [5, 5.41) is 3.01. The summed E-state index contributed by atoms with van der Waals surface area (Å²) in [4.78, 5) is 37.6. The van der Waals surface area contributed by atoms with Crippen molar-refractivity contribution < 1.29 is 37.3 Å². The van der Waals surface area contributed by atoms with E-state index in [1.807, 2.05) is 39.4 Å². The first-order valence-corrected chi connectivity index (χ1v) is 32.8. The second-order valence-corrected chi connectivity index (χ2v) is 23.7. The number of ether oxygens (including phenoxy) is 1. The average molecular weight is 1070 g/mol. The third kappa shape index (κ3) is 56.0. The van der Waals surface area contributed by atoms with E-state index in [0.29, 0.717) is 17.4 Å². The molecule has 0 saturated carbocycles. The Morgan fingerprint density at radius 3 is 1.28 bits per heavy atom. The topological polar surface area (TPSA) is 111 Å². The van der Waals surface area contributed by atoms with Crippen LogP contribution in [0.5, 0.6) is 0 Å². The van der Waals surface area contributed by atoms with Gasteiger partial charge in [0.1, 0.15) is 19.3 Å². The molecule has 0 fully saturated rings. The molecule has 0 aromatic carbocycles. The number of rotatable bonds is 56. The van der Waals surface area contributed by atoms with Crippen molar-refractivity contribution in [3.63, 3.8) is 0 Å². The van der Waals surface area contributed by atoms with E-state index in [0.717, 1.165) is 70.6 Å².